The Labute approximate surface area is 161 Å². The average molecular weight is 390 g/mol. The lowest BCUT2D eigenvalue weighted by Crippen LogP contribution is -2.14. The molecule has 0 saturated carbocycles. The van der Waals surface area contributed by atoms with Gasteiger partial charge in [-0.05, 0) is 32.4 Å². The SMILES string of the molecule is CCCn1c(C)cc(C(=O)COC(=O)c2sc3ccccc3c2Cl)c1C. The van der Waals surface area contributed by atoms with Gasteiger partial charge in [0.25, 0.3) is 0 Å². The number of halogens is 1. The molecule has 2 aromatic heterocycles. The predicted molar refractivity (Wildman–Crippen MR) is 106 cm³/mol. The Morgan fingerprint density at radius 3 is 2.65 bits per heavy atom. The normalized spacial score (nSPS) is 11.1. The summed E-state index contributed by atoms with van der Waals surface area (Å²) in [7, 11) is 0. The van der Waals surface area contributed by atoms with Gasteiger partial charge in [-0.25, -0.2) is 4.79 Å². The van der Waals surface area contributed by atoms with E-state index in [1.54, 1.807) is 0 Å². The molecule has 4 nitrogen and oxygen atoms in total. The average Bonchev–Trinajstić information content (AvgIpc) is 3.12. The molecule has 1 aromatic carbocycles. The van der Waals surface area contributed by atoms with E-state index < -0.39 is 5.97 Å². The van der Waals surface area contributed by atoms with Crippen LogP contribution in [0.1, 0.15) is 44.8 Å². The topological polar surface area (TPSA) is 48.3 Å². The molecule has 0 aliphatic rings. The zero-order valence-corrected chi connectivity index (χ0v) is 16.5. The molecule has 0 fully saturated rings. The van der Waals surface area contributed by atoms with Crippen LogP contribution in [0.3, 0.4) is 0 Å². The third kappa shape index (κ3) is 3.41. The van der Waals surface area contributed by atoms with E-state index in [-0.39, 0.29) is 12.4 Å². The van der Waals surface area contributed by atoms with Crippen molar-refractivity contribution in [1.29, 1.82) is 0 Å². The van der Waals surface area contributed by atoms with Crippen LogP contribution >= 0.6 is 22.9 Å². The number of fused-ring (bicyclic) bond motifs is 1. The lowest BCUT2D eigenvalue weighted by molar-refractivity contribution is 0.0479. The number of carbonyl (C=O) groups is 2. The number of rotatable bonds is 6. The van der Waals surface area contributed by atoms with Crippen LogP contribution < -0.4 is 0 Å². The van der Waals surface area contributed by atoms with Crippen LogP contribution in [-0.4, -0.2) is 22.9 Å². The molecule has 0 aliphatic heterocycles. The summed E-state index contributed by atoms with van der Waals surface area (Å²) in [6.45, 7) is 6.56. The second-order valence-corrected chi connectivity index (χ2v) is 7.61. The maximum absolute atomic E-state index is 12.5. The monoisotopic (exact) mass is 389 g/mol. The standard InChI is InChI=1S/C20H20ClNO3S/c1-4-9-22-12(2)10-15(13(22)3)16(23)11-25-20(24)19-18(21)14-7-5-6-8-17(14)26-19/h5-8,10H,4,9,11H2,1-3H3. The van der Waals surface area contributed by atoms with Gasteiger partial charge in [0.1, 0.15) is 4.88 Å². The molecule has 0 saturated heterocycles. The van der Waals surface area contributed by atoms with Crippen molar-refractivity contribution in [2.24, 2.45) is 0 Å². The Hall–Kier alpha value is -2.11. The van der Waals surface area contributed by atoms with E-state index in [2.05, 4.69) is 11.5 Å². The number of Topliss-reactive ketones (excluding diaryl/α,β-unsaturated/α-hetero) is 1. The van der Waals surface area contributed by atoms with Gasteiger partial charge >= 0.3 is 5.97 Å². The molecular weight excluding hydrogens is 370 g/mol. The Kier molecular flexibility index (Phi) is 5.49. The summed E-state index contributed by atoms with van der Waals surface area (Å²) in [6.07, 6.45) is 0.989. The number of carbonyl (C=O) groups excluding carboxylic acids is 2. The van der Waals surface area contributed by atoms with Crippen molar-refractivity contribution >= 4 is 44.8 Å². The molecule has 0 radical (unpaired) electrons. The summed E-state index contributed by atoms with van der Waals surface area (Å²) in [5.41, 5.74) is 2.54. The maximum Gasteiger partial charge on any atom is 0.350 e. The second kappa shape index (κ2) is 7.64. The quantitative estimate of drug-likeness (QED) is 0.417. The number of ether oxygens (including phenoxy) is 1. The molecular formula is C20H20ClNO3S. The van der Waals surface area contributed by atoms with Crippen LogP contribution in [0.2, 0.25) is 5.02 Å². The number of esters is 1. The summed E-state index contributed by atoms with van der Waals surface area (Å²) < 4.78 is 8.27. The largest absolute Gasteiger partial charge is 0.453 e. The number of nitrogens with zero attached hydrogens (tertiary/aromatic N) is 1. The van der Waals surface area contributed by atoms with Crippen molar-refractivity contribution in [2.75, 3.05) is 6.61 Å². The summed E-state index contributed by atoms with van der Waals surface area (Å²) in [6, 6.07) is 9.37. The predicted octanol–water partition coefficient (Wildman–Crippen LogP) is 5.42. The molecule has 2 heterocycles. The van der Waals surface area contributed by atoms with Gasteiger partial charge in [0.05, 0.1) is 5.02 Å². The van der Waals surface area contributed by atoms with Crippen LogP contribution in [0, 0.1) is 13.8 Å². The third-order valence-corrected chi connectivity index (χ3v) is 6.03. The van der Waals surface area contributed by atoms with E-state index in [9.17, 15) is 9.59 Å². The van der Waals surface area contributed by atoms with Crippen molar-refractivity contribution in [2.45, 2.75) is 33.7 Å². The minimum Gasteiger partial charge on any atom is -0.453 e. The fourth-order valence-corrected chi connectivity index (χ4v) is 4.47. The molecule has 0 atom stereocenters. The first-order valence-corrected chi connectivity index (χ1v) is 9.67. The highest BCUT2D eigenvalue weighted by atomic mass is 35.5. The number of aryl methyl sites for hydroxylation is 1. The molecule has 0 spiro atoms. The molecule has 0 N–H and O–H groups in total. The van der Waals surface area contributed by atoms with Gasteiger partial charge in [0, 0.05) is 33.6 Å². The van der Waals surface area contributed by atoms with Crippen molar-refractivity contribution in [3.8, 4) is 0 Å². The van der Waals surface area contributed by atoms with E-state index in [0.29, 0.717) is 15.5 Å². The lowest BCUT2D eigenvalue weighted by atomic mass is 10.1. The summed E-state index contributed by atoms with van der Waals surface area (Å²) in [5, 5.41) is 1.20. The van der Waals surface area contributed by atoms with Crippen LogP contribution in [0.5, 0.6) is 0 Å². The molecule has 0 amide bonds. The molecule has 26 heavy (non-hydrogen) atoms. The van der Waals surface area contributed by atoms with Crippen molar-refractivity contribution < 1.29 is 14.3 Å². The minimum absolute atomic E-state index is 0.203. The van der Waals surface area contributed by atoms with Crippen molar-refractivity contribution in [3.05, 3.63) is 57.2 Å². The maximum atomic E-state index is 12.5. The van der Waals surface area contributed by atoms with E-state index in [1.807, 2.05) is 44.2 Å². The summed E-state index contributed by atoms with van der Waals surface area (Å²) in [5.74, 6) is -0.766. The number of thiophene rings is 1. The molecule has 3 aromatic rings. The van der Waals surface area contributed by atoms with Crippen LogP contribution in [0.25, 0.3) is 10.1 Å². The van der Waals surface area contributed by atoms with Gasteiger partial charge in [0.15, 0.2) is 6.61 Å². The van der Waals surface area contributed by atoms with E-state index in [0.717, 1.165) is 34.4 Å². The highest BCUT2D eigenvalue weighted by molar-refractivity contribution is 7.21. The molecule has 6 heteroatoms. The highest BCUT2D eigenvalue weighted by Gasteiger charge is 2.21. The molecule has 3 rings (SSSR count). The number of ketones is 1. The number of hydrogen-bond donors (Lipinski definition) is 0. The third-order valence-electron chi connectivity index (χ3n) is 4.38. The zero-order valence-electron chi connectivity index (χ0n) is 15.0. The van der Waals surface area contributed by atoms with Gasteiger partial charge in [-0.1, -0.05) is 36.7 Å². The van der Waals surface area contributed by atoms with E-state index in [1.165, 1.54) is 11.3 Å². The van der Waals surface area contributed by atoms with Crippen LogP contribution in [-0.2, 0) is 11.3 Å². The second-order valence-electron chi connectivity index (χ2n) is 6.18. The smallest absolute Gasteiger partial charge is 0.350 e. The van der Waals surface area contributed by atoms with Gasteiger partial charge in [0.2, 0.25) is 5.78 Å². The Morgan fingerprint density at radius 2 is 1.96 bits per heavy atom. The molecule has 0 unspecified atom stereocenters. The minimum atomic E-state index is -0.563. The highest BCUT2D eigenvalue weighted by Crippen LogP contribution is 2.35. The summed E-state index contributed by atoms with van der Waals surface area (Å²) in [4.78, 5) is 25.2. The van der Waals surface area contributed by atoms with Crippen molar-refractivity contribution in [1.82, 2.24) is 4.57 Å². The zero-order chi connectivity index (χ0) is 18.8. The van der Waals surface area contributed by atoms with Gasteiger partial charge in [-0.15, -0.1) is 11.3 Å². The fraction of sp³-hybridized carbons (Fsp3) is 0.300. The number of aromatic nitrogens is 1. The molecule has 136 valence electrons. The van der Waals surface area contributed by atoms with Crippen molar-refractivity contribution in [3.63, 3.8) is 0 Å². The van der Waals surface area contributed by atoms with Gasteiger partial charge in [-0.2, -0.15) is 0 Å². The summed E-state index contributed by atoms with van der Waals surface area (Å²) >= 11 is 7.56. The first-order valence-electron chi connectivity index (χ1n) is 8.48. The number of hydrogen-bond acceptors (Lipinski definition) is 4. The first-order chi connectivity index (χ1) is 12.4. The van der Waals surface area contributed by atoms with Gasteiger partial charge < -0.3 is 9.30 Å². The van der Waals surface area contributed by atoms with Crippen LogP contribution in [0.4, 0.5) is 0 Å². The lowest BCUT2D eigenvalue weighted by Gasteiger charge is -2.08. The Morgan fingerprint density at radius 1 is 1.23 bits per heavy atom. The fourth-order valence-electron chi connectivity index (χ4n) is 3.07. The first kappa shape index (κ1) is 18.7. The molecule has 0 bridgehead atoms. The van der Waals surface area contributed by atoms with E-state index >= 15 is 0 Å². The Bertz CT molecular complexity index is 987. The Balaban J connectivity index is 1.74. The van der Waals surface area contributed by atoms with Crippen LogP contribution in [0.15, 0.2) is 30.3 Å². The molecule has 0 aliphatic carbocycles. The van der Waals surface area contributed by atoms with Gasteiger partial charge in [-0.3, -0.25) is 4.79 Å². The number of benzene rings is 1. The van der Waals surface area contributed by atoms with E-state index in [4.69, 9.17) is 16.3 Å².